The van der Waals surface area contributed by atoms with Crippen LogP contribution in [0.4, 0.5) is 22.7 Å². The van der Waals surface area contributed by atoms with E-state index in [1.165, 1.54) is 54.6 Å². The van der Waals surface area contributed by atoms with Crippen molar-refractivity contribution < 1.29 is 60.0 Å². The summed E-state index contributed by atoms with van der Waals surface area (Å²) in [7, 11) is -13.9. The Kier molecular flexibility index (Phi) is 11.5. The largest absolute Gasteiger partial charge is 0.326 e. The fourth-order valence-corrected chi connectivity index (χ4v) is 8.17. The molecule has 1 aliphatic carbocycles. The number of carbonyl (C=O) groups is 2. The third-order valence-corrected chi connectivity index (χ3v) is 13.0. The second-order valence-corrected chi connectivity index (χ2v) is 17.8. The van der Waals surface area contributed by atoms with E-state index >= 15 is 0 Å². The van der Waals surface area contributed by atoms with Gasteiger partial charge in [-0.1, -0.05) is 6.07 Å². The fourth-order valence-electron chi connectivity index (χ4n) is 5.16. The fraction of sp³-hybridized carbons (Fsp3) is 0.156. The predicted octanol–water partition coefficient (Wildman–Crippen LogP) is 4.20. The topological polar surface area (TPSA) is 269 Å². The molecule has 0 bridgehead atoms. The number of amides is 1. The van der Waals surface area contributed by atoms with E-state index in [9.17, 15) is 43.3 Å². The van der Waals surface area contributed by atoms with Gasteiger partial charge in [-0.15, -0.1) is 5.11 Å². The van der Waals surface area contributed by atoms with E-state index in [0.717, 1.165) is 53.6 Å². The zero-order valence-electron chi connectivity index (χ0n) is 29.1. The van der Waals surface area contributed by atoms with Gasteiger partial charge in [0, 0.05) is 23.3 Å². The molecule has 1 amide bonds. The van der Waals surface area contributed by atoms with Gasteiger partial charge >= 0.3 is 0 Å². The minimum Gasteiger partial charge on any atom is -0.326 e. The Morgan fingerprint density at radius 2 is 1.22 bits per heavy atom. The van der Waals surface area contributed by atoms with E-state index in [4.69, 9.17) is 0 Å². The second kappa shape index (κ2) is 15.5. The van der Waals surface area contributed by atoms with Crippen LogP contribution in [0.15, 0.2) is 102 Å². The highest BCUT2D eigenvalue weighted by atomic mass is 32.2. The molecule has 4 aromatic carbocycles. The van der Waals surface area contributed by atoms with Crippen LogP contribution in [-0.4, -0.2) is 79.5 Å². The Morgan fingerprint density at radius 3 is 1.82 bits per heavy atom. The summed E-state index contributed by atoms with van der Waals surface area (Å²) < 4.78 is 120. The molecule has 19 nitrogen and oxygen atoms in total. The van der Waals surface area contributed by atoms with Gasteiger partial charge in [0.1, 0.15) is 9.80 Å². The number of anilines is 2. The maximum atomic E-state index is 14.2. The van der Waals surface area contributed by atoms with E-state index in [0.29, 0.717) is 0 Å². The molecule has 55 heavy (non-hydrogen) atoms. The Labute approximate surface area is 315 Å². The number of ketones is 1. The third-order valence-electron chi connectivity index (χ3n) is 7.82. The Morgan fingerprint density at radius 1 is 0.636 bits per heavy atom. The highest BCUT2D eigenvalue weighted by Crippen LogP contribution is 2.38. The van der Waals surface area contributed by atoms with Crippen molar-refractivity contribution in [2.24, 2.45) is 15.3 Å². The predicted molar refractivity (Wildman–Crippen MR) is 197 cm³/mol. The van der Waals surface area contributed by atoms with Crippen molar-refractivity contribution in [1.82, 2.24) is 0 Å². The molecule has 5 rings (SSSR count). The van der Waals surface area contributed by atoms with E-state index in [1.807, 2.05) is 0 Å². The average Bonchev–Trinajstić information content (AvgIpc) is 3.16. The highest BCUT2D eigenvalue weighted by molar-refractivity contribution is 7.92. The van der Waals surface area contributed by atoms with Gasteiger partial charge in [-0.3, -0.25) is 31.7 Å². The van der Waals surface area contributed by atoms with E-state index in [-0.39, 0.29) is 43.3 Å². The minimum atomic E-state index is -4.80. The van der Waals surface area contributed by atoms with Crippen LogP contribution in [-0.2, 0) is 62.0 Å². The standard InChI is InChI=1S/C32H29N5O14S4/c1-18(38)33-27-14-15-28(54(44,45)50-4)24-17-29(55(46,47)51-5)31(32(39)30(24)27)37-36-26-13-12-25(22-11-10-21(16-23(22)26)53(42,43)49-3)35-34-19-6-8-20(9-7-19)52(40,41)48-2/h6-17,36H,1-5H3,(H,33,38)/b35-34+,37-31-. The second-order valence-electron chi connectivity index (χ2n) is 11.0. The molecule has 0 aliphatic heterocycles. The van der Waals surface area contributed by atoms with Crippen LogP contribution < -0.4 is 10.7 Å². The summed E-state index contributed by atoms with van der Waals surface area (Å²) in [6.07, 6.45) is 0.829. The number of hydrogen-bond donors (Lipinski definition) is 2. The van der Waals surface area contributed by atoms with Gasteiger partial charge in [-0.25, -0.2) is 0 Å². The number of allylic oxidation sites excluding steroid dienone is 1. The lowest BCUT2D eigenvalue weighted by atomic mass is 9.92. The summed E-state index contributed by atoms with van der Waals surface area (Å²) in [4.78, 5) is 24.3. The number of nitrogens with one attached hydrogen (secondary N) is 2. The zero-order valence-corrected chi connectivity index (χ0v) is 32.4. The first-order valence-electron chi connectivity index (χ1n) is 15.2. The van der Waals surface area contributed by atoms with Crippen molar-refractivity contribution in [3.8, 4) is 0 Å². The molecule has 0 saturated heterocycles. The van der Waals surface area contributed by atoms with E-state index in [1.54, 1.807) is 0 Å². The van der Waals surface area contributed by atoms with Gasteiger partial charge in [0.25, 0.3) is 40.5 Å². The SMILES string of the molecule is COS(=O)(=O)C1=Cc2c(S(=O)(=O)OC)ccc(NC(C)=O)c2C(=O)/C1=N\Nc1ccc(/N=N/c2ccc(S(=O)(=O)OC)cc2)c2ccc(S(=O)(=O)OC)cc12. The first kappa shape index (κ1) is 40.9. The summed E-state index contributed by atoms with van der Waals surface area (Å²) in [5.41, 5.74) is 1.16. The van der Waals surface area contributed by atoms with E-state index < -0.39 is 78.8 Å². The van der Waals surface area contributed by atoms with Crippen molar-refractivity contribution >= 4 is 97.5 Å². The first-order chi connectivity index (χ1) is 25.8. The number of Topliss-reactive ketones (excluding diaryl/α,β-unsaturated/α-hetero) is 1. The molecule has 0 radical (unpaired) electrons. The van der Waals surface area contributed by atoms with Gasteiger partial charge in [0.05, 0.1) is 66.5 Å². The van der Waals surface area contributed by atoms with Crippen LogP contribution in [0.5, 0.6) is 0 Å². The zero-order chi connectivity index (χ0) is 40.5. The molecule has 0 spiro atoms. The Balaban J connectivity index is 1.69. The van der Waals surface area contributed by atoms with Gasteiger partial charge in [0.15, 0.2) is 5.71 Å². The van der Waals surface area contributed by atoms with Crippen molar-refractivity contribution in [2.75, 3.05) is 39.2 Å². The number of hydrazone groups is 1. The number of benzene rings is 4. The molecule has 0 unspecified atom stereocenters. The molecule has 4 aromatic rings. The van der Waals surface area contributed by atoms with Gasteiger partial charge < -0.3 is 5.32 Å². The Hall–Kier alpha value is -5.27. The molecule has 0 fully saturated rings. The van der Waals surface area contributed by atoms with E-state index in [2.05, 4.69) is 42.8 Å². The van der Waals surface area contributed by atoms with Crippen molar-refractivity contribution in [3.05, 3.63) is 82.8 Å². The van der Waals surface area contributed by atoms with Crippen LogP contribution in [0.3, 0.4) is 0 Å². The molecule has 0 atom stereocenters. The molecule has 290 valence electrons. The molecular weight excluding hydrogens is 807 g/mol. The summed E-state index contributed by atoms with van der Waals surface area (Å²) in [6.45, 7) is 1.13. The number of nitrogens with zero attached hydrogens (tertiary/aromatic N) is 3. The monoisotopic (exact) mass is 835 g/mol. The van der Waals surface area contributed by atoms with Crippen molar-refractivity contribution in [2.45, 2.75) is 21.6 Å². The van der Waals surface area contributed by atoms with Crippen molar-refractivity contribution in [3.63, 3.8) is 0 Å². The van der Waals surface area contributed by atoms with Crippen LogP contribution in [0.2, 0.25) is 0 Å². The molecule has 0 aromatic heterocycles. The lowest BCUT2D eigenvalue weighted by Crippen LogP contribution is -2.30. The number of carbonyl (C=O) groups excluding carboxylic acids is 2. The minimum absolute atomic E-state index is 0.00860. The third kappa shape index (κ3) is 8.23. The lowest BCUT2D eigenvalue weighted by molar-refractivity contribution is -0.114. The quantitative estimate of drug-likeness (QED) is 0.109. The maximum absolute atomic E-state index is 14.2. The normalized spacial score (nSPS) is 14.6. The number of azo groups is 1. The molecule has 23 heteroatoms. The highest BCUT2D eigenvalue weighted by Gasteiger charge is 2.38. The van der Waals surface area contributed by atoms with Crippen molar-refractivity contribution in [1.29, 1.82) is 0 Å². The first-order valence-corrected chi connectivity index (χ1v) is 20.8. The van der Waals surface area contributed by atoms with Crippen LogP contribution in [0, 0.1) is 0 Å². The summed E-state index contributed by atoms with van der Waals surface area (Å²) in [6, 6.07) is 14.0. The average molecular weight is 836 g/mol. The van der Waals surface area contributed by atoms with Gasteiger partial charge in [0.2, 0.25) is 11.7 Å². The number of rotatable bonds is 13. The molecule has 0 heterocycles. The Bertz CT molecular complexity index is 2800. The molecule has 1 aliphatic rings. The van der Waals surface area contributed by atoms with Crippen LogP contribution in [0.25, 0.3) is 16.8 Å². The molecular formula is C32H29N5O14S4. The lowest BCUT2D eigenvalue weighted by Gasteiger charge is -2.22. The molecule has 0 saturated carbocycles. The summed E-state index contributed by atoms with van der Waals surface area (Å²) in [5, 5.41) is 15.2. The van der Waals surface area contributed by atoms with Gasteiger partial charge in [-0.05, 0) is 66.7 Å². The van der Waals surface area contributed by atoms with Crippen LogP contribution in [0.1, 0.15) is 22.8 Å². The smallest absolute Gasteiger partial charge is 0.299 e. The van der Waals surface area contributed by atoms with Gasteiger partial charge in [-0.2, -0.15) is 43.9 Å². The summed E-state index contributed by atoms with van der Waals surface area (Å²) in [5.74, 6) is -1.80. The number of fused-ring (bicyclic) bond motifs is 2. The summed E-state index contributed by atoms with van der Waals surface area (Å²) >= 11 is 0. The molecule has 2 N–H and O–H groups in total. The number of hydrogen-bond acceptors (Lipinski definition) is 18. The maximum Gasteiger partial charge on any atom is 0.299 e. The van der Waals surface area contributed by atoms with Crippen LogP contribution >= 0.6 is 0 Å².